The van der Waals surface area contributed by atoms with E-state index in [1.807, 2.05) is 11.4 Å². The molecule has 0 atom stereocenters. The molecule has 0 aliphatic carbocycles. The third-order valence-corrected chi connectivity index (χ3v) is 3.37. The molecule has 0 aliphatic rings. The Bertz CT molecular complexity index is 693. The van der Waals surface area contributed by atoms with E-state index in [1.54, 1.807) is 12.1 Å². The maximum Gasteiger partial charge on any atom is 0.163 e. The molecule has 2 heterocycles. The van der Waals surface area contributed by atoms with E-state index in [1.165, 1.54) is 23.5 Å². The number of halogens is 1. The van der Waals surface area contributed by atoms with Crippen molar-refractivity contribution in [3.63, 3.8) is 0 Å². The van der Waals surface area contributed by atoms with Gasteiger partial charge in [-0.05, 0) is 35.7 Å². The highest BCUT2D eigenvalue weighted by molar-refractivity contribution is 7.16. The minimum Gasteiger partial charge on any atom is -0.308 e. The molecule has 4 nitrogen and oxygen atoms in total. The zero-order valence-corrected chi connectivity index (χ0v) is 10.0. The van der Waals surface area contributed by atoms with Crippen molar-refractivity contribution in [2.75, 3.05) is 5.43 Å². The lowest BCUT2D eigenvalue weighted by Crippen LogP contribution is -2.09. The first-order chi connectivity index (χ1) is 8.78. The summed E-state index contributed by atoms with van der Waals surface area (Å²) < 4.78 is 12.9. The van der Waals surface area contributed by atoms with Crippen molar-refractivity contribution in [3.05, 3.63) is 41.5 Å². The molecule has 0 aliphatic heterocycles. The highest BCUT2D eigenvalue weighted by atomic mass is 32.1. The number of nitrogen functional groups attached to an aromatic ring is 1. The van der Waals surface area contributed by atoms with E-state index in [0.717, 1.165) is 15.8 Å². The topological polar surface area (TPSA) is 63.8 Å². The van der Waals surface area contributed by atoms with Crippen LogP contribution in [0.15, 0.2) is 35.7 Å². The van der Waals surface area contributed by atoms with Gasteiger partial charge in [-0.15, -0.1) is 11.3 Å². The fourth-order valence-corrected chi connectivity index (χ4v) is 2.46. The standard InChI is InChI=1S/C12H9FN4S/c13-8-3-1-7(2-4-8)10-15-11(17-14)9-5-6-18-12(9)16-10/h1-6H,14H2,(H,15,16,17). The lowest BCUT2D eigenvalue weighted by Gasteiger charge is -2.05. The predicted octanol–water partition coefficient (Wildman–Crippen LogP) is 2.78. The van der Waals surface area contributed by atoms with E-state index >= 15 is 0 Å². The first-order valence-electron chi connectivity index (χ1n) is 5.26. The van der Waals surface area contributed by atoms with E-state index in [-0.39, 0.29) is 5.82 Å². The SMILES string of the molecule is NNc1nc(-c2ccc(F)cc2)nc2sccc12. The van der Waals surface area contributed by atoms with Crippen LogP contribution in [-0.4, -0.2) is 9.97 Å². The van der Waals surface area contributed by atoms with Crippen molar-refractivity contribution < 1.29 is 4.39 Å². The second-order valence-electron chi connectivity index (χ2n) is 3.69. The van der Waals surface area contributed by atoms with Gasteiger partial charge in [-0.1, -0.05) is 0 Å². The van der Waals surface area contributed by atoms with E-state index in [2.05, 4.69) is 15.4 Å². The van der Waals surface area contributed by atoms with Gasteiger partial charge < -0.3 is 5.43 Å². The number of nitrogens with two attached hydrogens (primary N) is 1. The van der Waals surface area contributed by atoms with E-state index < -0.39 is 0 Å². The number of rotatable bonds is 2. The number of hydrogen-bond donors (Lipinski definition) is 2. The number of aromatic nitrogens is 2. The van der Waals surface area contributed by atoms with Gasteiger partial charge in [0.2, 0.25) is 0 Å². The van der Waals surface area contributed by atoms with Gasteiger partial charge in [0.25, 0.3) is 0 Å². The Kier molecular flexibility index (Phi) is 2.66. The molecule has 3 aromatic rings. The maximum absolute atomic E-state index is 12.9. The maximum atomic E-state index is 12.9. The number of hydrazine groups is 1. The van der Waals surface area contributed by atoms with Crippen LogP contribution in [0.1, 0.15) is 0 Å². The van der Waals surface area contributed by atoms with Gasteiger partial charge in [0.15, 0.2) is 11.6 Å². The third kappa shape index (κ3) is 1.81. The number of fused-ring (bicyclic) bond motifs is 1. The molecule has 1 aromatic carbocycles. The van der Waals surface area contributed by atoms with Crippen molar-refractivity contribution >= 4 is 27.4 Å². The molecule has 0 saturated carbocycles. The van der Waals surface area contributed by atoms with Crippen molar-refractivity contribution in [2.45, 2.75) is 0 Å². The summed E-state index contributed by atoms with van der Waals surface area (Å²) >= 11 is 1.51. The Morgan fingerprint density at radius 1 is 1.11 bits per heavy atom. The van der Waals surface area contributed by atoms with Crippen molar-refractivity contribution in [2.24, 2.45) is 5.84 Å². The number of nitrogens with zero attached hydrogens (tertiary/aromatic N) is 2. The molecule has 6 heteroatoms. The Morgan fingerprint density at radius 3 is 2.61 bits per heavy atom. The smallest absolute Gasteiger partial charge is 0.163 e. The molecule has 0 bridgehead atoms. The second-order valence-corrected chi connectivity index (χ2v) is 4.58. The summed E-state index contributed by atoms with van der Waals surface area (Å²) in [4.78, 5) is 9.61. The number of nitrogens with one attached hydrogen (secondary N) is 1. The summed E-state index contributed by atoms with van der Waals surface area (Å²) in [5.41, 5.74) is 3.31. The highest BCUT2D eigenvalue weighted by Gasteiger charge is 2.09. The van der Waals surface area contributed by atoms with Crippen LogP contribution in [0.4, 0.5) is 10.2 Å². The summed E-state index contributed by atoms with van der Waals surface area (Å²) in [6, 6.07) is 7.96. The first kappa shape index (κ1) is 11.1. The fourth-order valence-electron chi connectivity index (χ4n) is 1.69. The molecular weight excluding hydrogens is 251 g/mol. The van der Waals surface area contributed by atoms with Gasteiger partial charge in [-0.25, -0.2) is 20.2 Å². The van der Waals surface area contributed by atoms with Crippen LogP contribution in [-0.2, 0) is 0 Å². The third-order valence-electron chi connectivity index (χ3n) is 2.56. The molecule has 2 aromatic heterocycles. The molecule has 0 radical (unpaired) electrons. The molecule has 0 unspecified atom stereocenters. The molecule has 3 rings (SSSR count). The monoisotopic (exact) mass is 260 g/mol. The molecule has 0 spiro atoms. The van der Waals surface area contributed by atoms with Crippen LogP contribution in [0.2, 0.25) is 0 Å². The normalized spacial score (nSPS) is 10.8. The molecule has 18 heavy (non-hydrogen) atoms. The second kappa shape index (κ2) is 4.32. The average molecular weight is 260 g/mol. The predicted molar refractivity (Wildman–Crippen MR) is 70.6 cm³/mol. The first-order valence-corrected chi connectivity index (χ1v) is 6.13. The van der Waals surface area contributed by atoms with Crippen molar-refractivity contribution in [3.8, 4) is 11.4 Å². The van der Waals surface area contributed by atoms with Crippen LogP contribution in [0.3, 0.4) is 0 Å². The van der Waals surface area contributed by atoms with Crippen LogP contribution < -0.4 is 11.3 Å². The largest absolute Gasteiger partial charge is 0.308 e. The van der Waals surface area contributed by atoms with Crippen molar-refractivity contribution in [1.82, 2.24) is 9.97 Å². The van der Waals surface area contributed by atoms with Crippen molar-refractivity contribution in [1.29, 1.82) is 0 Å². The van der Waals surface area contributed by atoms with Gasteiger partial charge in [0.1, 0.15) is 10.6 Å². The Morgan fingerprint density at radius 2 is 1.89 bits per heavy atom. The quantitative estimate of drug-likeness (QED) is 0.549. The minimum absolute atomic E-state index is 0.284. The number of benzene rings is 1. The Hall–Kier alpha value is -2.05. The molecular formula is C12H9FN4S. The molecule has 90 valence electrons. The van der Waals surface area contributed by atoms with E-state index in [0.29, 0.717) is 11.6 Å². The summed E-state index contributed by atoms with van der Waals surface area (Å²) in [5, 5.41) is 2.81. The lowest BCUT2D eigenvalue weighted by molar-refractivity contribution is 0.628. The van der Waals surface area contributed by atoms with E-state index in [9.17, 15) is 4.39 Å². The zero-order valence-electron chi connectivity index (χ0n) is 9.22. The molecule has 0 fully saturated rings. The Labute approximate surface area is 106 Å². The van der Waals surface area contributed by atoms with Gasteiger partial charge in [0, 0.05) is 5.56 Å². The Balaban J connectivity index is 2.19. The van der Waals surface area contributed by atoms with Gasteiger partial charge in [0.05, 0.1) is 5.39 Å². The van der Waals surface area contributed by atoms with Crippen LogP contribution in [0.5, 0.6) is 0 Å². The average Bonchev–Trinajstić information content (AvgIpc) is 2.86. The van der Waals surface area contributed by atoms with Gasteiger partial charge in [-0.2, -0.15) is 0 Å². The number of anilines is 1. The molecule has 3 N–H and O–H groups in total. The molecule has 0 saturated heterocycles. The zero-order chi connectivity index (χ0) is 12.5. The van der Waals surface area contributed by atoms with Crippen LogP contribution in [0.25, 0.3) is 21.6 Å². The fraction of sp³-hybridized carbons (Fsp3) is 0. The summed E-state index contributed by atoms with van der Waals surface area (Å²) in [6.07, 6.45) is 0. The number of hydrogen-bond acceptors (Lipinski definition) is 5. The number of thiophene rings is 1. The van der Waals surface area contributed by atoms with Gasteiger partial charge in [-0.3, -0.25) is 0 Å². The van der Waals surface area contributed by atoms with E-state index in [4.69, 9.17) is 5.84 Å². The molecule has 0 amide bonds. The summed E-state index contributed by atoms with van der Waals surface area (Å²) in [7, 11) is 0. The summed E-state index contributed by atoms with van der Waals surface area (Å²) in [5.74, 6) is 6.26. The lowest BCUT2D eigenvalue weighted by atomic mass is 10.2. The highest BCUT2D eigenvalue weighted by Crippen LogP contribution is 2.27. The van der Waals surface area contributed by atoms with Gasteiger partial charge >= 0.3 is 0 Å². The summed E-state index contributed by atoms with van der Waals surface area (Å²) in [6.45, 7) is 0. The van der Waals surface area contributed by atoms with Crippen LogP contribution in [0, 0.1) is 5.82 Å². The van der Waals surface area contributed by atoms with Crippen LogP contribution >= 0.6 is 11.3 Å². The minimum atomic E-state index is -0.284.